The van der Waals surface area contributed by atoms with Gasteiger partial charge in [0.2, 0.25) is 0 Å². The van der Waals surface area contributed by atoms with E-state index in [-0.39, 0.29) is 0 Å². The number of nitrogens with zero attached hydrogens (tertiary/aromatic N) is 4. The second kappa shape index (κ2) is 11.0. The molecule has 29 heavy (non-hydrogen) atoms. The Morgan fingerprint density at radius 1 is 1.14 bits per heavy atom. The second-order valence-electron chi connectivity index (χ2n) is 7.36. The van der Waals surface area contributed by atoms with Crippen LogP contribution < -0.4 is 16.0 Å². The van der Waals surface area contributed by atoms with E-state index in [1.807, 2.05) is 62.6 Å². The third-order valence-corrected chi connectivity index (χ3v) is 3.69. The number of hydrogen-bond donors (Lipinski definition) is 3. The topological polar surface area (TPSA) is 105 Å². The third kappa shape index (κ3) is 8.20. The number of nitrogens with one attached hydrogen (secondary N) is 3. The molecule has 1 aromatic heterocycles. The maximum atomic E-state index is 11.6. The number of guanidine groups is 1. The van der Waals surface area contributed by atoms with E-state index < -0.39 is 11.7 Å². The molecule has 2 aromatic rings. The highest BCUT2D eigenvalue weighted by Crippen LogP contribution is 2.09. The van der Waals surface area contributed by atoms with Crippen molar-refractivity contribution in [2.75, 3.05) is 19.6 Å². The first-order chi connectivity index (χ1) is 13.9. The fourth-order valence-corrected chi connectivity index (χ4v) is 2.46. The van der Waals surface area contributed by atoms with Crippen LogP contribution in [0.1, 0.15) is 39.9 Å². The summed E-state index contributed by atoms with van der Waals surface area (Å²) in [4.78, 5) is 16.2. The Bertz CT molecular complexity index is 782. The zero-order chi connectivity index (χ0) is 21.1. The van der Waals surface area contributed by atoms with E-state index in [0.29, 0.717) is 25.6 Å². The summed E-state index contributed by atoms with van der Waals surface area (Å²) in [5.74, 6) is 1.44. The van der Waals surface area contributed by atoms with Gasteiger partial charge in [0, 0.05) is 25.3 Å². The first-order valence-electron chi connectivity index (χ1n) is 9.82. The summed E-state index contributed by atoms with van der Waals surface area (Å²) in [6, 6.07) is 9.91. The maximum Gasteiger partial charge on any atom is 0.407 e. The van der Waals surface area contributed by atoms with Crippen molar-refractivity contribution in [3.63, 3.8) is 0 Å². The van der Waals surface area contributed by atoms with Gasteiger partial charge in [0.25, 0.3) is 0 Å². The Labute approximate surface area is 172 Å². The van der Waals surface area contributed by atoms with Gasteiger partial charge in [0.1, 0.15) is 18.5 Å². The summed E-state index contributed by atoms with van der Waals surface area (Å²) in [6.45, 7) is 9.84. The number of hydrogen-bond acceptors (Lipinski definition) is 5. The van der Waals surface area contributed by atoms with Crippen molar-refractivity contribution >= 4 is 12.1 Å². The lowest BCUT2D eigenvalue weighted by Gasteiger charge is -2.19. The van der Waals surface area contributed by atoms with Crippen LogP contribution in [0.3, 0.4) is 0 Å². The molecule has 0 spiro atoms. The molecule has 0 fully saturated rings. The van der Waals surface area contributed by atoms with Crippen molar-refractivity contribution < 1.29 is 9.53 Å². The average molecular weight is 402 g/mol. The molecular weight excluding hydrogens is 370 g/mol. The van der Waals surface area contributed by atoms with E-state index in [2.05, 4.69) is 31.1 Å². The number of carbonyl (C=O) groups excluding carboxylic acids is 1. The first kappa shape index (κ1) is 22.2. The number of ether oxygens (including phenoxy) is 1. The molecule has 0 aliphatic rings. The largest absolute Gasteiger partial charge is 0.444 e. The van der Waals surface area contributed by atoms with Crippen LogP contribution in [0, 0.1) is 0 Å². The Hall–Kier alpha value is -3.10. The minimum absolute atomic E-state index is 0.389. The van der Waals surface area contributed by atoms with Gasteiger partial charge in [-0.3, -0.25) is 4.57 Å². The van der Waals surface area contributed by atoms with Crippen LogP contribution in [-0.2, 0) is 11.3 Å². The molecule has 1 amide bonds. The van der Waals surface area contributed by atoms with Crippen molar-refractivity contribution in [2.45, 2.75) is 46.3 Å². The lowest BCUT2D eigenvalue weighted by Crippen LogP contribution is -2.39. The molecule has 9 heteroatoms. The summed E-state index contributed by atoms with van der Waals surface area (Å²) >= 11 is 0. The number of aromatic nitrogens is 3. The van der Waals surface area contributed by atoms with Gasteiger partial charge < -0.3 is 20.7 Å². The Morgan fingerprint density at radius 3 is 2.55 bits per heavy atom. The van der Waals surface area contributed by atoms with E-state index in [4.69, 9.17) is 4.74 Å². The lowest BCUT2D eigenvalue weighted by molar-refractivity contribution is 0.0527. The monoisotopic (exact) mass is 401 g/mol. The summed E-state index contributed by atoms with van der Waals surface area (Å²) in [7, 11) is 0. The van der Waals surface area contributed by atoms with E-state index in [9.17, 15) is 4.79 Å². The number of benzene rings is 1. The van der Waals surface area contributed by atoms with Crippen LogP contribution in [0.5, 0.6) is 0 Å². The molecule has 9 nitrogen and oxygen atoms in total. The van der Waals surface area contributed by atoms with Crippen molar-refractivity contribution in [2.24, 2.45) is 4.99 Å². The molecule has 1 aromatic carbocycles. The second-order valence-corrected chi connectivity index (χ2v) is 7.36. The molecule has 2 rings (SSSR count). The van der Waals surface area contributed by atoms with Gasteiger partial charge in [-0.2, -0.15) is 0 Å². The van der Waals surface area contributed by atoms with Crippen molar-refractivity contribution in [1.29, 1.82) is 0 Å². The summed E-state index contributed by atoms with van der Waals surface area (Å²) in [6.07, 6.45) is 2.02. The van der Waals surface area contributed by atoms with Crippen molar-refractivity contribution in [3.05, 3.63) is 42.5 Å². The number of carbonyl (C=O) groups is 1. The van der Waals surface area contributed by atoms with E-state index in [1.165, 1.54) is 0 Å². The molecule has 3 N–H and O–H groups in total. The molecule has 1 heterocycles. The van der Waals surface area contributed by atoms with Crippen LogP contribution in [-0.4, -0.2) is 52.1 Å². The molecule has 0 saturated carbocycles. The highest BCUT2D eigenvalue weighted by atomic mass is 16.6. The smallest absolute Gasteiger partial charge is 0.407 e. The Morgan fingerprint density at radius 2 is 1.86 bits per heavy atom. The van der Waals surface area contributed by atoms with Gasteiger partial charge in [-0.25, -0.2) is 9.79 Å². The van der Waals surface area contributed by atoms with E-state index in [1.54, 1.807) is 6.33 Å². The van der Waals surface area contributed by atoms with Crippen LogP contribution >= 0.6 is 0 Å². The van der Waals surface area contributed by atoms with E-state index in [0.717, 1.165) is 24.5 Å². The molecule has 0 radical (unpaired) electrons. The molecule has 158 valence electrons. The van der Waals surface area contributed by atoms with Gasteiger partial charge in [-0.1, -0.05) is 18.2 Å². The summed E-state index contributed by atoms with van der Waals surface area (Å²) in [5, 5.41) is 17.4. The average Bonchev–Trinajstić information content (AvgIpc) is 3.13. The minimum atomic E-state index is -0.493. The number of alkyl carbamates (subject to hydrolysis) is 1. The lowest BCUT2D eigenvalue weighted by atomic mass is 10.2. The van der Waals surface area contributed by atoms with Crippen LogP contribution in [0.15, 0.2) is 41.7 Å². The van der Waals surface area contributed by atoms with Gasteiger partial charge in [0.15, 0.2) is 11.8 Å². The fraction of sp³-hybridized carbons (Fsp3) is 0.500. The molecular formula is C20H31N7O2. The van der Waals surface area contributed by atoms with Crippen LogP contribution in [0.2, 0.25) is 0 Å². The number of rotatable bonds is 8. The normalized spacial score (nSPS) is 11.8. The first-order valence-corrected chi connectivity index (χ1v) is 9.82. The third-order valence-electron chi connectivity index (χ3n) is 3.69. The molecule has 0 saturated heterocycles. The Balaban J connectivity index is 1.82. The zero-order valence-corrected chi connectivity index (χ0v) is 17.6. The minimum Gasteiger partial charge on any atom is -0.444 e. The highest BCUT2D eigenvalue weighted by molar-refractivity contribution is 5.79. The van der Waals surface area contributed by atoms with Crippen LogP contribution in [0.4, 0.5) is 4.79 Å². The van der Waals surface area contributed by atoms with Crippen molar-refractivity contribution in [3.8, 4) is 5.69 Å². The summed E-state index contributed by atoms with van der Waals surface area (Å²) in [5.41, 5.74) is 0.502. The molecule has 0 unspecified atom stereocenters. The predicted octanol–water partition coefficient (Wildman–Crippen LogP) is 2.24. The Kier molecular flexibility index (Phi) is 8.45. The predicted molar refractivity (Wildman–Crippen MR) is 113 cm³/mol. The quantitative estimate of drug-likeness (QED) is 0.356. The molecule has 0 atom stereocenters. The molecule has 0 aliphatic carbocycles. The van der Waals surface area contributed by atoms with Gasteiger partial charge in [0.05, 0.1) is 0 Å². The van der Waals surface area contributed by atoms with Gasteiger partial charge in [-0.15, -0.1) is 10.2 Å². The van der Waals surface area contributed by atoms with Gasteiger partial charge >= 0.3 is 6.09 Å². The molecule has 0 aliphatic heterocycles. The zero-order valence-electron chi connectivity index (χ0n) is 17.6. The van der Waals surface area contributed by atoms with Gasteiger partial charge in [-0.05, 0) is 46.2 Å². The fourth-order valence-electron chi connectivity index (χ4n) is 2.46. The summed E-state index contributed by atoms with van der Waals surface area (Å²) < 4.78 is 7.12. The standard InChI is InChI=1S/C20H31N7O2/c1-5-21-18(22-12-9-13-23-19(28)29-20(2,3)4)24-14-17-26-25-15-27(17)16-10-7-6-8-11-16/h6-8,10-11,15H,5,9,12-14H2,1-4H3,(H,23,28)(H2,21,22,24). The maximum absolute atomic E-state index is 11.6. The SMILES string of the molecule is CCNC(=NCc1nncn1-c1ccccc1)NCCCNC(=O)OC(C)(C)C. The highest BCUT2D eigenvalue weighted by Gasteiger charge is 2.15. The number of amides is 1. The van der Waals surface area contributed by atoms with Crippen LogP contribution in [0.25, 0.3) is 5.69 Å². The number of aliphatic imine (C=N–C) groups is 1. The van der Waals surface area contributed by atoms with E-state index >= 15 is 0 Å². The molecule has 0 bridgehead atoms. The number of para-hydroxylation sites is 1. The van der Waals surface area contributed by atoms with Crippen molar-refractivity contribution in [1.82, 2.24) is 30.7 Å².